The van der Waals surface area contributed by atoms with Crippen LogP contribution in [0.1, 0.15) is 54.4 Å². The van der Waals surface area contributed by atoms with Crippen molar-refractivity contribution < 1.29 is 13.2 Å². The molecule has 4 rings (SSSR count). The lowest BCUT2D eigenvalue weighted by molar-refractivity contribution is -0.118. The maximum absolute atomic E-state index is 13.1. The fourth-order valence-electron chi connectivity index (χ4n) is 4.67. The largest absolute Gasteiger partial charge is 0.301 e. The Hall–Kier alpha value is -3.55. The molecule has 3 aromatic rings. The zero-order valence-electron chi connectivity index (χ0n) is 20.9. The monoisotopic (exact) mass is 506 g/mol. The highest BCUT2D eigenvalue weighted by molar-refractivity contribution is 7.90. The van der Waals surface area contributed by atoms with Gasteiger partial charge in [-0.1, -0.05) is 12.1 Å². The highest BCUT2D eigenvalue weighted by Gasteiger charge is 2.27. The molecule has 0 saturated carbocycles. The summed E-state index contributed by atoms with van der Waals surface area (Å²) >= 11 is 0. The fraction of sp³-hybridized carbons (Fsp3) is 0.385. The second-order valence-corrected chi connectivity index (χ2v) is 10.8. The van der Waals surface area contributed by atoms with Crippen molar-refractivity contribution in [1.29, 1.82) is 5.26 Å². The number of hydrogen-bond acceptors (Lipinski definition) is 7. The van der Waals surface area contributed by atoms with Crippen LogP contribution in [0.3, 0.4) is 0 Å². The molecule has 1 amide bonds. The summed E-state index contributed by atoms with van der Waals surface area (Å²) in [4.78, 5) is 19.1. The first-order valence-corrected chi connectivity index (χ1v) is 13.4. The standard InChI is InChI=1S/C26H30N6O3S/c1-5-32-24(17(2)31(3)4)15-26(29-32)36(34,35)30-25(33)14-23-21-8-6-7-18(21)9-10-22(23)19-11-12-28-20(13-19)16-27/h9-13,15,17H,5-8,14H2,1-4H3,(H,30,33). The molecule has 2 aromatic heterocycles. The van der Waals surface area contributed by atoms with E-state index in [9.17, 15) is 18.5 Å². The third-order valence-electron chi connectivity index (χ3n) is 6.74. The number of amides is 1. The van der Waals surface area contributed by atoms with Crippen LogP contribution < -0.4 is 4.72 Å². The van der Waals surface area contributed by atoms with Gasteiger partial charge >= 0.3 is 0 Å². The molecule has 9 nitrogen and oxygen atoms in total. The van der Waals surface area contributed by atoms with Crippen LogP contribution in [0, 0.1) is 11.3 Å². The van der Waals surface area contributed by atoms with Crippen LogP contribution in [0.5, 0.6) is 0 Å². The van der Waals surface area contributed by atoms with E-state index in [1.54, 1.807) is 23.0 Å². The number of aryl methyl sites for hydroxylation is 2. The van der Waals surface area contributed by atoms with E-state index >= 15 is 0 Å². The predicted octanol–water partition coefficient (Wildman–Crippen LogP) is 3.00. The van der Waals surface area contributed by atoms with Crippen LogP contribution in [0.25, 0.3) is 11.1 Å². The molecule has 0 bridgehead atoms. The summed E-state index contributed by atoms with van der Waals surface area (Å²) in [5, 5.41) is 13.3. The molecule has 1 aliphatic rings. The second-order valence-electron chi connectivity index (χ2n) is 9.19. The highest BCUT2D eigenvalue weighted by atomic mass is 32.2. The van der Waals surface area contributed by atoms with Gasteiger partial charge in [-0.3, -0.25) is 9.48 Å². The van der Waals surface area contributed by atoms with Crippen molar-refractivity contribution in [3.05, 3.63) is 64.6 Å². The van der Waals surface area contributed by atoms with Crippen molar-refractivity contribution in [2.45, 2.75) is 57.1 Å². The van der Waals surface area contributed by atoms with Crippen LogP contribution >= 0.6 is 0 Å². The molecule has 0 spiro atoms. The van der Waals surface area contributed by atoms with Gasteiger partial charge in [0.05, 0.1) is 12.1 Å². The zero-order valence-corrected chi connectivity index (χ0v) is 21.8. The first-order chi connectivity index (χ1) is 17.1. The van der Waals surface area contributed by atoms with E-state index in [2.05, 4.69) is 14.8 Å². The SMILES string of the molecule is CCn1nc(S(=O)(=O)NC(=O)Cc2c(-c3ccnc(C#N)c3)ccc3c2CCC3)cc1C(C)N(C)C. The lowest BCUT2D eigenvalue weighted by Gasteiger charge is -2.20. The van der Waals surface area contributed by atoms with E-state index in [0.717, 1.165) is 47.2 Å². The maximum atomic E-state index is 13.1. The Morgan fingerprint density at radius 3 is 2.72 bits per heavy atom. The van der Waals surface area contributed by atoms with E-state index < -0.39 is 15.9 Å². The lowest BCUT2D eigenvalue weighted by Crippen LogP contribution is -2.32. The van der Waals surface area contributed by atoms with Gasteiger partial charge in [-0.2, -0.15) is 18.8 Å². The van der Waals surface area contributed by atoms with Crippen LogP contribution in [-0.2, 0) is 40.6 Å². The van der Waals surface area contributed by atoms with Gasteiger partial charge in [-0.25, -0.2) is 9.71 Å². The maximum Gasteiger partial charge on any atom is 0.283 e. The van der Waals surface area contributed by atoms with E-state index in [1.165, 1.54) is 11.6 Å². The van der Waals surface area contributed by atoms with E-state index in [-0.39, 0.29) is 23.2 Å². The topological polar surface area (TPSA) is 121 Å². The summed E-state index contributed by atoms with van der Waals surface area (Å²) < 4.78 is 30.1. The molecule has 1 aliphatic carbocycles. The van der Waals surface area contributed by atoms with Crippen LogP contribution in [-0.4, -0.2) is 48.1 Å². The van der Waals surface area contributed by atoms with Gasteiger partial charge in [0, 0.05) is 24.8 Å². The number of hydrogen-bond donors (Lipinski definition) is 1. The normalized spacial score (nSPS) is 13.9. The highest BCUT2D eigenvalue weighted by Crippen LogP contribution is 2.34. The van der Waals surface area contributed by atoms with Crippen LogP contribution in [0.15, 0.2) is 41.6 Å². The van der Waals surface area contributed by atoms with Crippen molar-refractivity contribution in [2.75, 3.05) is 14.1 Å². The zero-order chi connectivity index (χ0) is 26.0. The number of pyridine rings is 1. The molecule has 0 fully saturated rings. The Balaban J connectivity index is 1.65. The molecular formula is C26H30N6O3S. The number of nitriles is 1. The van der Waals surface area contributed by atoms with Gasteiger partial charge in [0.1, 0.15) is 11.8 Å². The van der Waals surface area contributed by atoms with Gasteiger partial charge in [0.2, 0.25) is 5.91 Å². The van der Waals surface area contributed by atoms with Gasteiger partial charge in [0.15, 0.2) is 5.03 Å². The number of nitrogens with zero attached hydrogens (tertiary/aromatic N) is 5. The van der Waals surface area contributed by atoms with E-state index in [4.69, 9.17) is 0 Å². The Morgan fingerprint density at radius 1 is 1.25 bits per heavy atom. The van der Waals surface area contributed by atoms with Crippen LogP contribution in [0.2, 0.25) is 0 Å². The van der Waals surface area contributed by atoms with Crippen molar-refractivity contribution in [2.24, 2.45) is 0 Å². The predicted molar refractivity (Wildman–Crippen MR) is 135 cm³/mol. The molecule has 36 heavy (non-hydrogen) atoms. The molecule has 1 atom stereocenters. The molecule has 188 valence electrons. The van der Waals surface area contributed by atoms with Gasteiger partial charge < -0.3 is 4.90 Å². The summed E-state index contributed by atoms with van der Waals surface area (Å²) in [6.07, 6.45) is 4.18. The molecule has 2 heterocycles. The first-order valence-electron chi connectivity index (χ1n) is 11.9. The van der Waals surface area contributed by atoms with Gasteiger partial charge in [-0.05, 0) is 87.2 Å². The number of carbonyl (C=O) groups is 1. The van der Waals surface area contributed by atoms with Crippen LogP contribution in [0.4, 0.5) is 0 Å². The van der Waals surface area contributed by atoms with Gasteiger partial charge in [-0.15, -0.1) is 0 Å². The summed E-state index contributed by atoms with van der Waals surface area (Å²) in [6, 6.07) is 11.0. The fourth-order valence-corrected chi connectivity index (χ4v) is 5.62. The molecular weight excluding hydrogens is 476 g/mol. The number of sulfonamides is 1. The number of fused-ring (bicyclic) bond motifs is 1. The van der Waals surface area contributed by atoms with Crippen molar-refractivity contribution in [3.63, 3.8) is 0 Å². The summed E-state index contributed by atoms with van der Waals surface area (Å²) in [5.41, 5.74) is 5.64. The third kappa shape index (κ3) is 5.03. The molecule has 0 saturated heterocycles. The summed E-state index contributed by atoms with van der Waals surface area (Å²) in [6.45, 7) is 4.36. The molecule has 10 heteroatoms. The molecule has 1 aromatic carbocycles. The molecule has 1 unspecified atom stereocenters. The van der Waals surface area contributed by atoms with E-state index in [1.807, 2.05) is 51.0 Å². The Bertz CT molecular complexity index is 1450. The molecule has 0 aliphatic heterocycles. The minimum atomic E-state index is -4.16. The number of nitrogens with one attached hydrogen (secondary N) is 1. The lowest BCUT2D eigenvalue weighted by atomic mass is 9.91. The summed E-state index contributed by atoms with van der Waals surface area (Å²) in [5.74, 6) is -0.626. The van der Waals surface area contributed by atoms with Crippen molar-refractivity contribution in [3.8, 4) is 17.2 Å². The second kappa shape index (κ2) is 10.2. The number of benzene rings is 1. The first kappa shape index (κ1) is 25.5. The number of rotatable bonds is 8. The minimum Gasteiger partial charge on any atom is -0.301 e. The third-order valence-corrected chi connectivity index (χ3v) is 7.98. The van der Waals surface area contributed by atoms with Crippen molar-refractivity contribution >= 4 is 15.9 Å². The van der Waals surface area contributed by atoms with E-state index in [0.29, 0.717) is 6.54 Å². The summed E-state index contributed by atoms with van der Waals surface area (Å²) in [7, 11) is -0.339. The Kier molecular flexibility index (Phi) is 7.24. The average molecular weight is 507 g/mol. The van der Waals surface area contributed by atoms with Gasteiger partial charge in [0.25, 0.3) is 10.0 Å². The molecule has 1 N–H and O–H groups in total. The Labute approximate surface area is 211 Å². The minimum absolute atomic E-state index is 0.0507. The average Bonchev–Trinajstić information content (AvgIpc) is 3.51. The number of carbonyl (C=O) groups excluding carboxylic acids is 1. The number of aromatic nitrogens is 3. The quantitative estimate of drug-likeness (QED) is 0.498. The smallest absolute Gasteiger partial charge is 0.283 e. The molecule has 0 radical (unpaired) electrons. The Morgan fingerprint density at radius 2 is 2.03 bits per heavy atom. The van der Waals surface area contributed by atoms with Crippen molar-refractivity contribution in [1.82, 2.24) is 24.4 Å².